The molecule has 0 spiro atoms. The maximum Gasteiger partial charge on any atom is 0.160 e. The van der Waals surface area contributed by atoms with Gasteiger partial charge in [-0.15, -0.1) is 0 Å². The fraction of sp³-hybridized carbons (Fsp3) is 0.444. The number of hydrogen-bond acceptors (Lipinski definition) is 4. The molecule has 0 unspecified atom stereocenters. The Morgan fingerprint density at radius 3 is 2.27 bits per heavy atom. The fourth-order valence-corrected chi connectivity index (χ4v) is 2.31. The van der Waals surface area contributed by atoms with E-state index in [9.17, 15) is 5.11 Å². The number of ether oxygens (including phenoxy) is 1. The van der Waals surface area contributed by atoms with E-state index in [0.29, 0.717) is 23.6 Å². The van der Waals surface area contributed by atoms with Crippen molar-refractivity contribution >= 4 is 0 Å². The minimum Gasteiger partial charge on any atom is -0.504 e. The highest BCUT2D eigenvalue weighted by molar-refractivity contribution is 5.33. The van der Waals surface area contributed by atoms with Crippen molar-refractivity contribution in [3.8, 4) is 5.75 Å². The highest BCUT2D eigenvalue weighted by Gasteiger charge is 2.14. The van der Waals surface area contributed by atoms with Crippen molar-refractivity contribution in [1.82, 2.24) is 9.97 Å². The molecule has 0 fully saturated rings. The minimum atomic E-state index is 0.119. The van der Waals surface area contributed by atoms with E-state index >= 15 is 0 Å². The fourth-order valence-electron chi connectivity index (χ4n) is 2.31. The summed E-state index contributed by atoms with van der Waals surface area (Å²) in [5.74, 6) is 0.819. The summed E-state index contributed by atoms with van der Waals surface area (Å²) in [5, 5.41) is 9.94. The van der Waals surface area contributed by atoms with Crippen molar-refractivity contribution in [2.45, 2.75) is 46.1 Å². The quantitative estimate of drug-likeness (QED) is 0.938. The summed E-state index contributed by atoms with van der Waals surface area (Å²) in [5.41, 5.74) is 3.73. The number of nitrogens with zero attached hydrogens (tertiary/aromatic N) is 2. The van der Waals surface area contributed by atoms with E-state index in [2.05, 4.69) is 55.0 Å². The maximum absolute atomic E-state index is 9.94. The Hall–Kier alpha value is -1.94. The predicted octanol–water partition coefficient (Wildman–Crippen LogP) is 3.53. The first kappa shape index (κ1) is 16.4. The number of aromatic hydroxyl groups is 1. The SMILES string of the molecule is COCc1nc(Cc2ccc(C(C)(C)C)cc2)nc(C)c1O. The van der Waals surface area contributed by atoms with E-state index < -0.39 is 0 Å². The summed E-state index contributed by atoms with van der Waals surface area (Å²) >= 11 is 0. The molecule has 0 radical (unpaired) electrons. The van der Waals surface area contributed by atoms with Crippen LogP contribution < -0.4 is 0 Å². The number of rotatable bonds is 4. The van der Waals surface area contributed by atoms with Crippen LogP contribution in [0.3, 0.4) is 0 Å². The summed E-state index contributed by atoms with van der Waals surface area (Å²) in [6, 6.07) is 8.53. The molecule has 0 saturated carbocycles. The smallest absolute Gasteiger partial charge is 0.160 e. The summed E-state index contributed by atoms with van der Waals surface area (Å²) < 4.78 is 5.07. The van der Waals surface area contributed by atoms with Crippen molar-refractivity contribution in [3.63, 3.8) is 0 Å². The molecular formula is C18H24N2O2. The molecule has 0 amide bonds. The van der Waals surface area contributed by atoms with Crippen LogP contribution in [-0.2, 0) is 23.2 Å². The third-order valence-corrected chi connectivity index (χ3v) is 3.64. The van der Waals surface area contributed by atoms with Crippen LogP contribution in [-0.4, -0.2) is 22.2 Å². The molecule has 118 valence electrons. The van der Waals surface area contributed by atoms with E-state index in [4.69, 9.17) is 4.74 Å². The molecule has 1 N–H and O–H groups in total. The van der Waals surface area contributed by atoms with Crippen molar-refractivity contribution < 1.29 is 9.84 Å². The molecule has 2 aromatic rings. The highest BCUT2D eigenvalue weighted by atomic mass is 16.5. The lowest BCUT2D eigenvalue weighted by molar-refractivity contribution is 0.177. The summed E-state index contributed by atoms with van der Waals surface area (Å²) in [7, 11) is 1.59. The van der Waals surface area contributed by atoms with Crippen molar-refractivity contribution in [2.75, 3.05) is 7.11 Å². The molecule has 0 aliphatic rings. The van der Waals surface area contributed by atoms with Gasteiger partial charge in [-0.3, -0.25) is 0 Å². The van der Waals surface area contributed by atoms with Crippen LogP contribution in [0.2, 0.25) is 0 Å². The Morgan fingerprint density at radius 2 is 1.73 bits per heavy atom. The van der Waals surface area contributed by atoms with Crippen LogP contribution in [0.15, 0.2) is 24.3 Å². The minimum absolute atomic E-state index is 0.119. The van der Waals surface area contributed by atoms with Crippen LogP contribution in [0.25, 0.3) is 0 Å². The Morgan fingerprint density at radius 1 is 1.09 bits per heavy atom. The predicted molar refractivity (Wildman–Crippen MR) is 87.1 cm³/mol. The van der Waals surface area contributed by atoms with Gasteiger partial charge in [-0.25, -0.2) is 9.97 Å². The lowest BCUT2D eigenvalue weighted by Gasteiger charge is -2.19. The van der Waals surface area contributed by atoms with Gasteiger partial charge in [0, 0.05) is 13.5 Å². The monoisotopic (exact) mass is 300 g/mol. The van der Waals surface area contributed by atoms with Crippen molar-refractivity contribution in [1.29, 1.82) is 0 Å². The van der Waals surface area contributed by atoms with Crippen LogP contribution >= 0.6 is 0 Å². The molecule has 1 aromatic heterocycles. The van der Waals surface area contributed by atoms with Crippen LogP contribution in [0.5, 0.6) is 5.75 Å². The molecule has 0 bridgehead atoms. The molecule has 0 atom stereocenters. The Bertz CT molecular complexity index is 643. The number of aromatic nitrogens is 2. The third kappa shape index (κ3) is 3.83. The topological polar surface area (TPSA) is 55.2 Å². The van der Waals surface area contributed by atoms with Crippen molar-refractivity contribution in [2.24, 2.45) is 0 Å². The Labute approximate surface area is 132 Å². The van der Waals surface area contributed by atoms with E-state index in [-0.39, 0.29) is 17.8 Å². The van der Waals surface area contributed by atoms with Gasteiger partial charge in [0.15, 0.2) is 5.75 Å². The first-order valence-electron chi connectivity index (χ1n) is 7.45. The summed E-state index contributed by atoms with van der Waals surface area (Å²) in [6.45, 7) is 8.66. The molecule has 0 aliphatic heterocycles. The largest absolute Gasteiger partial charge is 0.504 e. The summed E-state index contributed by atoms with van der Waals surface area (Å²) in [4.78, 5) is 8.77. The molecule has 1 heterocycles. The lowest BCUT2D eigenvalue weighted by atomic mass is 9.86. The number of hydrogen-bond donors (Lipinski definition) is 1. The molecular weight excluding hydrogens is 276 g/mol. The molecule has 2 rings (SSSR count). The van der Waals surface area contributed by atoms with E-state index in [0.717, 1.165) is 5.56 Å². The number of benzene rings is 1. The van der Waals surface area contributed by atoms with Gasteiger partial charge >= 0.3 is 0 Å². The lowest BCUT2D eigenvalue weighted by Crippen LogP contribution is -2.11. The molecule has 4 heteroatoms. The van der Waals surface area contributed by atoms with Crippen LogP contribution in [0, 0.1) is 6.92 Å². The second kappa shape index (κ2) is 6.44. The highest BCUT2D eigenvalue weighted by Crippen LogP contribution is 2.23. The zero-order valence-corrected chi connectivity index (χ0v) is 14.0. The normalized spacial score (nSPS) is 11.7. The second-order valence-electron chi connectivity index (χ2n) is 6.58. The summed E-state index contributed by atoms with van der Waals surface area (Å²) in [6.07, 6.45) is 0.641. The van der Waals surface area contributed by atoms with E-state index in [1.807, 2.05) is 0 Å². The van der Waals surface area contributed by atoms with Gasteiger partial charge in [0.25, 0.3) is 0 Å². The number of aryl methyl sites for hydroxylation is 1. The molecule has 0 saturated heterocycles. The molecule has 0 aliphatic carbocycles. The van der Waals surface area contributed by atoms with Crippen LogP contribution in [0.1, 0.15) is 49.1 Å². The van der Waals surface area contributed by atoms with Gasteiger partial charge in [-0.2, -0.15) is 0 Å². The third-order valence-electron chi connectivity index (χ3n) is 3.64. The molecule has 22 heavy (non-hydrogen) atoms. The van der Waals surface area contributed by atoms with Gasteiger partial charge in [0.2, 0.25) is 0 Å². The average Bonchev–Trinajstić information content (AvgIpc) is 2.44. The van der Waals surface area contributed by atoms with Gasteiger partial charge < -0.3 is 9.84 Å². The Balaban J connectivity index is 2.23. The average molecular weight is 300 g/mol. The molecule has 1 aromatic carbocycles. The zero-order chi connectivity index (χ0) is 16.3. The number of methoxy groups -OCH3 is 1. The standard InChI is InChI=1S/C18H24N2O2/c1-12-17(21)15(11-22-5)20-16(19-12)10-13-6-8-14(9-7-13)18(2,3)4/h6-9,21H,10-11H2,1-5H3. The van der Waals surface area contributed by atoms with Crippen LogP contribution in [0.4, 0.5) is 0 Å². The van der Waals surface area contributed by atoms with Gasteiger partial charge in [-0.1, -0.05) is 45.0 Å². The van der Waals surface area contributed by atoms with Crippen molar-refractivity contribution in [3.05, 3.63) is 52.6 Å². The first-order valence-corrected chi connectivity index (χ1v) is 7.45. The maximum atomic E-state index is 9.94. The van der Waals surface area contributed by atoms with Gasteiger partial charge in [-0.05, 0) is 23.5 Å². The Kier molecular flexibility index (Phi) is 4.81. The molecule has 4 nitrogen and oxygen atoms in total. The van der Waals surface area contributed by atoms with Gasteiger partial charge in [0.05, 0.1) is 12.3 Å². The van der Waals surface area contributed by atoms with E-state index in [1.54, 1.807) is 14.0 Å². The zero-order valence-electron chi connectivity index (χ0n) is 14.0. The first-order chi connectivity index (χ1) is 10.3. The second-order valence-corrected chi connectivity index (χ2v) is 6.58. The van der Waals surface area contributed by atoms with E-state index in [1.165, 1.54) is 5.56 Å². The van der Waals surface area contributed by atoms with Gasteiger partial charge in [0.1, 0.15) is 11.5 Å².